The van der Waals surface area contributed by atoms with E-state index in [9.17, 15) is 4.79 Å². The Hall–Kier alpha value is -3.16. The minimum atomic E-state index is 0.0220. The zero-order chi connectivity index (χ0) is 17.9. The van der Waals surface area contributed by atoms with E-state index >= 15 is 0 Å². The zero-order valence-electron chi connectivity index (χ0n) is 14.4. The second-order valence-electron chi connectivity index (χ2n) is 6.13. The summed E-state index contributed by atoms with van der Waals surface area (Å²) in [6, 6.07) is 7.52. The molecule has 134 valence electrons. The number of aromatic amines is 1. The number of likely N-dealkylation sites (tertiary alicyclic amines) is 1. The molecular formula is C18H19N5O3. The maximum absolute atomic E-state index is 12.7. The average molecular weight is 353 g/mol. The van der Waals surface area contributed by atoms with Crippen LogP contribution in [0.3, 0.4) is 0 Å². The predicted molar refractivity (Wildman–Crippen MR) is 94.2 cm³/mol. The van der Waals surface area contributed by atoms with Crippen LogP contribution in [0, 0.1) is 0 Å². The van der Waals surface area contributed by atoms with Gasteiger partial charge in [0, 0.05) is 43.8 Å². The van der Waals surface area contributed by atoms with E-state index in [2.05, 4.69) is 19.9 Å². The fourth-order valence-corrected chi connectivity index (χ4v) is 3.09. The smallest absolute Gasteiger partial charge is 0.319 e. The van der Waals surface area contributed by atoms with Crippen molar-refractivity contribution in [2.75, 3.05) is 20.2 Å². The van der Waals surface area contributed by atoms with Crippen molar-refractivity contribution in [3.8, 4) is 11.9 Å². The number of hydrogen-bond donors (Lipinski definition) is 1. The van der Waals surface area contributed by atoms with Crippen LogP contribution in [-0.4, -0.2) is 57.0 Å². The first-order valence-electron chi connectivity index (χ1n) is 8.49. The molecule has 3 heterocycles. The Bertz CT molecular complexity index is 918. The van der Waals surface area contributed by atoms with Crippen LogP contribution in [-0.2, 0) is 0 Å². The van der Waals surface area contributed by atoms with E-state index in [1.165, 1.54) is 7.11 Å². The number of rotatable bonds is 4. The molecule has 3 aromatic rings. The molecule has 1 N–H and O–H groups in total. The Balaban J connectivity index is 1.37. The number of aromatic nitrogens is 4. The molecule has 1 saturated heterocycles. The van der Waals surface area contributed by atoms with E-state index in [1.54, 1.807) is 18.6 Å². The summed E-state index contributed by atoms with van der Waals surface area (Å²) in [7, 11) is 1.52. The summed E-state index contributed by atoms with van der Waals surface area (Å²) in [5, 5.41) is 0. The Labute approximate surface area is 150 Å². The molecule has 1 aromatic carbocycles. The van der Waals surface area contributed by atoms with E-state index < -0.39 is 0 Å². The van der Waals surface area contributed by atoms with E-state index in [1.807, 2.05) is 23.1 Å². The standard InChI is InChI=1S/C18H19N5O3/c1-25-18-19-7-4-16(22-18)26-13-5-8-23(9-6-13)17(24)12-2-3-14-15(10-12)21-11-20-14/h2-4,7,10-11,13H,5-6,8-9H2,1H3,(H,20,21). The molecule has 0 spiro atoms. The van der Waals surface area contributed by atoms with Crippen LogP contribution in [0.1, 0.15) is 23.2 Å². The number of nitrogens with one attached hydrogen (secondary N) is 1. The van der Waals surface area contributed by atoms with Gasteiger partial charge in [0.05, 0.1) is 24.5 Å². The largest absolute Gasteiger partial charge is 0.474 e. The van der Waals surface area contributed by atoms with Gasteiger partial charge < -0.3 is 19.4 Å². The van der Waals surface area contributed by atoms with Crippen molar-refractivity contribution in [2.45, 2.75) is 18.9 Å². The first-order valence-corrected chi connectivity index (χ1v) is 8.49. The van der Waals surface area contributed by atoms with Gasteiger partial charge in [-0.05, 0) is 18.2 Å². The number of benzene rings is 1. The molecule has 0 unspecified atom stereocenters. The highest BCUT2D eigenvalue weighted by molar-refractivity contribution is 5.97. The topological polar surface area (TPSA) is 93.2 Å². The van der Waals surface area contributed by atoms with Gasteiger partial charge in [0.15, 0.2) is 0 Å². The minimum Gasteiger partial charge on any atom is -0.474 e. The molecule has 1 aliphatic heterocycles. The van der Waals surface area contributed by atoms with Crippen molar-refractivity contribution < 1.29 is 14.3 Å². The number of methoxy groups -OCH3 is 1. The summed E-state index contributed by atoms with van der Waals surface area (Å²) in [6.45, 7) is 1.29. The lowest BCUT2D eigenvalue weighted by Gasteiger charge is -2.32. The summed E-state index contributed by atoms with van der Waals surface area (Å²) in [5.41, 5.74) is 2.39. The third kappa shape index (κ3) is 3.30. The summed E-state index contributed by atoms with van der Waals surface area (Å²) < 4.78 is 10.9. The van der Waals surface area contributed by atoms with Gasteiger partial charge >= 0.3 is 6.01 Å². The van der Waals surface area contributed by atoms with Gasteiger partial charge in [-0.1, -0.05) is 0 Å². The number of carbonyl (C=O) groups excluding carboxylic acids is 1. The lowest BCUT2D eigenvalue weighted by molar-refractivity contribution is 0.0586. The van der Waals surface area contributed by atoms with Crippen molar-refractivity contribution in [3.63, 3.8) is 0 Å². The highest BCUT2D eigenvalue weighted by Crippen LogP contribution is 2.20. The number of amides is 1. The van der Waals surface area contributed by atoms with E-state index in [0.29, 0.717) is 24.5 Å². The van der Waals surface area contributed by atoms with Gasteiger partial charge in [0.25, 0.3) is 5.91 Å². The number of carbonyl (C=O) groups is 1. The normalized spacial score (nSPS) is 15.2. The van der Waals surface area contributed by atoms with Gasteiger partial charge in [0.1, 0.15) is 6.10 Å². The maximum atomic E-state index is 12.7. The van der Waals surface area contributed by atoms with E-state index in [0.717, 1.165) is 23.9 Å². The van der Waals surface area contributed by atoms with Crippen molar-refractivity contribution in [2.24, 2.45) is 0 Å². The Morgan fingerprint density at radius 1 is 1.23 bits per heavy atom. The average Bonchev–Trinajstić information content (AvgIpc) is 3.16. The minimum absolute atomic E-state index is 0.0220. The van der Waals surface area contributed by atoms with Crippen LogP contribution in [0.25, 0.3) is 11.0 Å². The molecule has 0 bridgehead atoms. The number of nitrogens with zero attached hydrogens (tertiary/aromatic N) is 4. The van der Waals surface area contributed by atoms with Crippen molar-refractivity contribution in [1.82, 2.24) is 24.8 Å². The number of imidazole rings is 1. The molecule has 0 aliphatic carbocycles. The van der Waals surface area contributed by atoms with E-state index in [-0.39, 0.29) is 18.0 Å². The second-order valence-corrected chi connectivity index (χ2v) is 6.13. The van der Waals surface area contributed by atoms with Gasteiger partial charge in [-0.3, -0.25) is 4.79 Å². The lowest BCUT2D eigenvalue weighted by atomic mass is 10.1. The molecule has 1 fully saturated rings. The zero-order valence-corrected chi connectivity index (χ0v) is 14.4. The summed E-state index contributed by atoms with van der Waals surface area (Å²) in [5.74, 6) is 0.523. The fraction of sp³-hybridized carbons (Fsp3) is 0.333. The maximum Gasteiger partial charge on any atom is 0.319 e. The van der Waals surface area contributed by atoms with E-state index in [4.69, 9.17) is 9.47 Å². The molecule has 1 amide bonds. The van der Waals surface area contributed by atoms with Crippen LogP contribution >= 0.6 is 0 Å². The molecule has 0 radical (unpaired) electrons. The molecule has 0 atom stereocenters. The first-order chi connectivity index (χ1) is 12.7. The Morgan fingerprint density at radius 2 is 2.08 bits per heavy atom. The molecule has 2 aromatic heterocycles. The molecule has 8 nitrogen and oxygen atoms in total. The monoisotopic (exact) mass is 353 g/mol. The highest BCUT2D eigenvalue weighted by atomic mass is 16.5. The predicted octanol–water partition coefficient (Wildman–Crippen LogP) is 2.05. The van der Waals surface area contributed by atoms with Crippen molar-refractivity contribution in [3.05, 3.63) is 42.4 Å². The quantitative estimate of drug-likeness (QED) is 0.771. The molecule has 8 heteroatoms. The van der Waals surface area contributed by atoms with Crippen LogP contribution in [0.5, 0.6) is 11.9 Å². The Kier molecular flexibility index (Phi) is 4.39. The SMILES string of the molecule is COc1nccc(OC2CCN(C(=O)c3ccc4nc[nH]c4c3)CC2)n1. The van der Waals surface area contributed by atoms with Crippen LogP contribution in [0.2, 0.25) is 0 Å². The first kappa shape index (κ1) is 16.3. The molecular weight excluding hydrogens is 334 g/mol. The summed E-state index contributed by atoms with van der Waals surface area (Å²) >= 11 is 0. The molecule has 0 saturated carbocycles. The number of ether oxygens (including phenoxy) is 2. The summed E-state index contributed by atoms with van der Waals surface area (Å²) in [4.78, 5) is 29.9. The molecule has 4 rings (SSSR count). The second kappa shape index (κ2) is 6.99. The van der Waals surface area contributed by atoms with Gasteiger partial charge in [0.2, 0.25) is 5.88 Å². The van der Waals surface area contributed by atoms with Crippen molar-refractivity contribution in [1.29, 1.82) is 0 Å². The number of hydrogen-bond acceptors (Lipinski definition) is 6. The van der Waals surface area contributed by atoms with Crippen LogP contribution in [0.4, 0.5) is 0 Å². The van der Waals surface area contributed by atoms with Gasteiger partial charge in [-0.25, -0.2) is 9.97 Å². The number of fused-ring (bicyclic) bond motifs is 1. The number of piperidine rings is 1. The number of H-pyrrole nitrogens is 1. The van der Waals surface area contributed by atoms with Gasteiger partial charge in [-0.2, -0.15) is 4.98 Å². The Morgan fingerprint density at radius 3 is 2.88 bits per heavy atom. The van der Waals surface area contributed by atoms with Gasteiger partial charge in [-0.15, -0.1) is 0 Å². The van der Waals surface area contributed by atoms with Crippen LogP contribution in [0.15, 0.2) is 36.8 Å². The lowest BCUT2D eigenvalue weighted by Crippen LogP contribution is -2.41. The van der Waals surface area contributed by atoms with Crippen LogP contribution < -0.4 is 9.47 Å². The third-order valence-corrected chi connectivity index (χ3v) is 4.47. The molecule has 26 heavy (non-hydrogen) atoms. The molecule has 1 aliphatic rings. The third-order valence-electron chi connectivity index (χ3n) is 4.47. The summed E-state index contributed by atoms with van der Waals surface area (Å²) in [6.07, 6.45) is 4.76. The highest BCUT2D eigenvalue weighted by Gasteiger charge is 2.25. The van der Waals surface area contributed by atoms with Crippen molar-refractivity contribution >= 4 is 16.9 Å². The fourth-order valence-electron chi connectivity index (χ4n) is 3.09.